The number of hydrogen-bond donors (Lipinski definition) is 1. The summed E-state index contributed by atoms with van der Waals surface area (Å²) in [5.74, 6) is -3.35. The Morgan fingerprint density at radius 1 is 1.07 bits per heavy atom. The number of amides is 1. The minimum Gasteiger partial charge on any atom is -0.493 e. The number of ether oxygens (including phenoxy) is 2. The van der Waals surface area contributed by atoms with Gasteiger partial charge in [-0.15, -0.1) is 10.2 Å². The molecule has 45 heavy (non-hydrogen) atoms. The molecule has 0 saturated carbocycles. The molecular weight excluding hydrogens is 650 g/mol. The van der Waals surface area contributed by atoms with Crippen molar-refractivity contribution in [2.24, 2.45) is 5.92 Å². The second kappa shape index (κ2) is 12.7. The van der Waals surface area contributed by atoms with Gasteiger partial charge in [-0.05, 0) is 61.5 Å². The van der Waals surface area contributed by atoms with E-state index in [0.717, 1.165) is 10.6 Å². The van der Waals surface area contributed by atoms with Crippen molar-refractivity contribution in [1.82, 2.24) is 19.7 Å². The summed E-state index contributed by atoms with van der Waals surface area (Å²) in [7, 11) is 0. The molecule has 0 aliphatic carbocycles. The Morgan fingerprint density at radius 2 is 1.78 bits per heavy atom. The van der Waals surface area contributed by atoms with Crippen molar-refractivity contribution in [3.63, 3.8) is 0 Å². The van der Waals surface area contributed by atoms with Crippen LogP contribution in [0.1, 0.15) is 73.2 Å². The number of benzene rings is 2. The van der Waals surface area contributed by atoms with Crippen LogP contribution in [0.3, 0.4) is 0 Å². The quantitative estimate of drug-likeness (QED) is 0.205. The molecule has 3 heterocycles. The molecule has 2 aromatic carbocycles. The third-order valence-electron chi connectivity index (χ3n) is 7.76. The number of likely N-dealkylation sites (tertiary alicyclic amines) is 1. The van der Waals surface area contributed by atoms with E-state index in [1.165, 1.54) is 42.2 Å². The molecule has 3 aromatic rings. The second-order valence-electron chi connectivity index (χ2n) is 10.7. The highest BCUT2D eigenvalue weighted by Gasteiger charge is 2.45. The Balaban J connectivity index is 1.63. The van der Waals surface area contributed by atoms with Crippen molar-refractivity contribution >= 4 is 35.1 Å². The summed E-state index contributed by atoms with van der Waals surface area (Å²) in [6.07, 6.45) is -7.68. The zero-order valence-corrected chi connectivity index (χ0v) is 25.2. The first-order valence-electron chi connectivity index (χ1n) is 14.0. The average Bonchev–Trinajstić information content (AvgIpc) is 3.36. The highest BCUT2D eigenvalue weighted by Crippen LogP contribution is 2.49. The molecule has 0 unspecified atom stereocenters. The van der Waals surface area contributed by atoms with E-state index in [1.807, 2.05) is 0 Å². The highest BCUT2D eigenvalue weighted by molar-refractivity contribution is 6.30. The standard InChI is InChI=1S/C29H27Cl2F5N4O5/c1-2-44-20-5-3-4-17(24(20)29(34,35)36)25-18-13-16(30)6-7-19(18)40-26(37-38-27(40)28(31,32)33)21(45-25)14-22(41)39-10-8-15(9-11-39)12-23(42)43/h3-7,13,15,21,25H,2,8-12,14H2,1H3,(H,42,43)/t21-,25-/m1/s1. The van der Waals surface area contributed by atoms with Gasteiger partial charge in [-0.3, -0.25) is 14.2 Å². The first-order chi connectivity index (χ1) is 21.2. The molecule has 0 bridgehead atoms. The van der Waals surface area contributed by atoms with Crippen LogP contribution in [0.5, 0.6) is 5.75 Å². The number of hydrogen-bond acceptors (Lipinski definition) is 6. The molecule has 0 radical (unpaired) electrons. The lowest BCUT2D eigenvalue weighted by atomic mass is 9.93. The van der Waals surface area contributed by atoms with Crippen LogP contribution in [0.2, 0.25) is 5.02 Å². The summed E-state index contributed by atoms with van der Waals surface area (Å²) in [6.45, 7) is 1.91. The van der Waals surface area contributed by atoms with Crippen LogP contribution in [0.15, 0.2) is 36.4 Å². The van der Waals surface area contributed by atoms with Crippen molar-refractivity contribution in [2.45, 2.75) is 56.4 Å². The van der Waals surface area contributed by atoms with E-state index in [-0.39, 0.29) is 54.1 Å². The first kappa shape index (κ1) is 32.9. The van der Waals surface area contributed by atoms with Gasteiger partial charge >= 0.3 is 17.5 Å². The monoisotopic (exact) mass is 676 g/mol. The topological polar surface area (TPSA) is 107 Å². The number of halogens is 7. The number of aromatic nitrogens is 3. The van der Waals surface area contributed by atoms with Crippen molar-refractivity contribution in [1.29, 1.82) is 0 Å². The molecule has 1 amide bonds. The van der Waals surface area contributed by atoms with Crippen LogP contribution in [-0.4, -0.2) is 56.3 Å². The van der Waals surface area contributed by atoms with E-state index < -0.39 is 64.8 Å². The lowest BCUT2D eigenvalue weighted by molar-refractivity contribution is -0.143. The molecule has 5 rings (SSSR count). The Hall–Kier alpha value is -3.49. The van der Waals surface area contributed by atoms with Crippen LogP contribution in [0.25, 0.3) is 5.69 Å². The van der Waals surface area contributed by atoms with Gasteiger partial charge in [0.15, 0.2) is 5.82 Å². The van der Waals surface area contributed by atoms with Gasteiger partial charge in [-0.25, -0.2) is 0 Å². The van der Waals surface area contributed by atoms with Crippen LogP contribution in [-0.2, 0) is 25.9 Å². The van der Waals surface area contributed by atoms with E-state index in [2.05, 4.69) is 10.2 Å². The third kappa shape index (κ3) is 6.87. The van der Waals surface area contributed by atoms with Crippen molar-refractivity contribution in [3.05, 3.63) is 69.8 Å². The number of aliphatic carboxylic acids is 1. The zero-order valence-electron chi connectivity index (χ0n) is 23.7. The molecule has 2 atom stereocenters. The number of carboxylic acid groups (broad SMARTS) is 1. The number of nitrogens with zero attached hydrogens (tertiary/aromatic N) is 4. The normalized spacial score (nSPS) is 19.1. The minimum absolute atomic E-state index is 0.0331. The maximum atomic E-state index is 14.7. The molecule has 1 saturated heterocycles. The summed E-state index contributed by atoms with van der Waals surface area (Å²) < 4.78 is 85.7. The molecule has 9 nitrogen and oxygen atoms in total. The van der Waals surface area contributed by atoms with Gasteiger partial charge in [0.2, 0.25) is 11.7 Å². The predicted octanol–water partition coefficient (Wildman–Crippen LogP) is 6.89. The number of carboxylic acids is 1. The van der Waals surface area contributed by atoms with E-state index in [9.17, 15) is 31.5 Å². The molecule has 1 fully saturated rings. The predicted molar refractivity (Wildman–Crippen MR) is 151 cm³/mol. The minimum atomic E-state index is -4.93. The lowest BCUT2D eigenvalue weighted by Gasteiger charge is -2.32. The Kier molecular flexibility index (Phi) is 9.30. The molecule has 1 N–H and O–H groups in total. The smallest absolute Gasteiger partial charge is 0.420 e. The Morgan fingerprint density at radius 3 is 2.40 bits per heavy atom. The van der Waals surface area contributed by atoms with E-state index in [0.29, 0.717) is 12.8 Å². The second-order valence-corrected chi connectivity index (χ2v) is 11.6. The number of piperidine rings is 1. The fourth-order valence-electron chi connectivity index (χ4n) is 5.81. The highest BCUT2D eigenvalue weighted by atomic mass is 35.5. The zero-order chi connectivity index (χ0) is 32.7. The van der Waals surface area contributed by atoms with Gasteiger partial charge in [0, 0.05) is 35.7 Å². The SMILES string of the molecule is CCOc1cccc([C@H]2O[C@H](CC(=O)N3CCC(CC(=O)O)CC3)c3nnc(C(F)(F)Cl)n3-c3ccc(Cl)cc32)c1C(F)(F)F. The van der Waals surface area contributed by atoms with E-state index in [1.54, 1.807) is 0 Å². The number of rotatable bonds is 8. The number of fused-ring (bicyclic) bond motifs is 3. The van der Waals surface area contributed by atoms with Gasteiger partial charge < -0.3 is 19.5 Å². The maximum Gasteiger partial charge on any atom is 0.420 e. The fourth-order valence-corrected chi connectivity index (χ4v) is 6.11. The summed E-state index contributed by atoms with van der Waals surface area (Å²) in [4.78, 5) is 26.1. The van der Waals surface area contributed by atoms with Crippen molar-refractivity contribution < 1.29 is 46.1 Å². The van der Waals surface area contributed by atoms with E-state index >= 15 is 0 Å². The molecular formula is C29H27Cl2F5N4O5. The van der Waals surface area contributed by atoms with E-state index in [4.69, 9.17) is 37.8 Å². The van der Waals surface area contributed by atoms with Crippen LogP contribution in [0, 0.1) is 5.92 Å². The Labute approximate surface area is 263 Å². The lowest BCUT2D eigenvalue weighted by Crippen LogP contribution is -2.39. The fraction of sp³-hybridized carbons (Fsp3) is 0.448. The molecule has 242 valence electrons. The third-order valence-corrected chi connectivity index (χ3v) is 8.16. The number of alkyl halides is 6. The van der Waals surface area contributed by atoms with Crippen LogP contribution < -0.4 is 4.74 Å². The summed E-state index contributed by atoms with van der Waals surface area (Å²) in [5, 5.41) is 12.6. The molecule has 1 aromatic heterocycles. The summed E-state index contributed by atoms with van der Waals surface area (Å²) in [5.41, 5.74) is -1.65. The molecule has 2 aliphatic rings. The molecule has 16 heteroatoms. The van der Waals surface area contributed by atoms with Crippen LogP contribution >= 0.6 is 23.2 Å². The summed E-state index contributed by atoms with van der Waals surface area (Å²) >= 11 is 11.7. The van der Waals surface area contributed by atoms with Gasteiger partial charge in [0.25, 0.3) is 0 Å². The summed E-state index contributed by atoms with van der Waals surface area (Å²) in [6, 6.07) is 7.62. The van der Waals surface area contributed by atoms with Gasteiger partial charge in [0.1, 0.15) is 23.5 Å². The first-order valence-corrected chi connectivity index (χ1v) is 14.7. The van der Waals surface area contributed by atoms with Crippen molar-refractivity contribution in [2.75, 3.05) is 19.7 Å². The Bertz CT molecular complexity index is 1590. The van der Waals surface area contributed by atoms with Crippen LogP contribution in [0.4, 0.5) is 22.0 Å². The maximum absolute atomic E-state index is 14.7. The van der Waals surface area contributed by atoms with Gasteiger partial charge in [0.05, 0.1) is 18.7 Å². The van der Waals surface area contributed by atoms with Gasteiger partial charge in [-0.1, -0.05) is 23.7 Å². The largest absolute Gasteiger partial charge is 0.493 e. The molecule has 0 spiro atoms. The average molecular weight is 677 g/mol. The molecule has 2 aliphatic heterocycles. The number of carbonyl (C=O) groups is 2. The van der Waals surface area contributed by atoms with Crippen molar-refractivity contribution in [3.8, 4) is 11.4 Å². The number of carbonyl (C=O) groups excluding carboxylic acids is 1. The van der Waals surface area contributed by atoms with Gasteiger partial charge in [-0.2, -0.15) is 22.0 Å².